The van der Waals surface area contributed by atoms with Crippen molar-refractivity contribution in [2.75, 3.05) is 37.0 Å². The van der Waals surface area contributed by atoms with Gasteiger partial charge in [-0.3, -0.25) is 14.6 Å². The van der Waals surface area contributed by atoms with Gasteiger partial charge in [-0.2, -0.15) is 0 Å². The molecular weight excluding hydrogens is 604 g/mol. The van der Waals surface area contributed by atoms with Crippen LogP contribution >= 0.6 is 0 Å². The van der Waals surface area contributed by atoms with Crippen molar-refractivity contribution in [3.8, 4) is 34.4 Å². The number of hydrogen-bond donors (Lipinski definition) is 5. The minimum atomic E-state index is -0.713. The molecule has 5 rings (SSSR count). The molecule has 0 saturated heterocycles. The monoisotopic (exact) mass is 628 g/mol. The minimum absolute atomic E-state index is 0. The van der Waals surface area contributed by atoms with Gasteiger partial charge in [0.2, 0.25) is 17.6 Å². The standard InChI is InChI=1S/C26H21N6O6.CH3B.Y/c1-37-9-8-29-25-30-11-31-26(32-25)38-13-4-2-12(3-5-13)14-10-16(28)19-21(22(14)34)24(36)18-15(27)6-7-17(33)20(18)23(19)35;1-2;/h2-7,10,33-34H,8-9,27-28H2,1H3,(H,29,30,31,32);1H3;/q-1;;. The van der Waals surface area contributed by atoms with Gasteiger partial charge in [0, 0.05) is 69.6 Å². The van der Waals surface area contributed by atoms with E-state index in [0.717, 1.165) is 0 Å². The molecule has 0 spiro atoms. The van der Waals surface area contributed by atoms with E-state index in [0.29, 0.717) is 24.5 Å². The Balaban J connectivity index is 0.00000151. The van der Waals surface area contributed by atoms with Crippen LogP contribution in [0.1, 0.15) is 31.8 Å². The second-order valence-electron chi connectivity index (χ2n) is 8.28. The van der Waals surface area contributed by atoms with Crippen LogP contribution in [0.4, 0.5) is 17.3 Å². The van der Waals surface area contributed by atoms with Gasteiger partial charge in [-0.1, -0.05) is 19.0 Å². The van der Waals surface area contributed by atoms with E-state index < -0.39 is 23.1 Å². The Morgan fingerprint density at radius 3 is 2.27 bits per heavy atom. The van der Waals surface area contributed by atoms with Crippen molar-refractivity contribution in [3.63, 3.8) is 0 Å². The number of ether oxygens (including phenoxy) is 2. The van der Waals surface area contributed by atoms with Crippen LogP contribution in [-0.2, 0) is 37.4 Å². The fourth-order valence-electron chi connectivity index (χ4n) is 4.16. The Morgan fingerprint density at radius 1 is 0.927 bits per heavy atom. The summed E-state index contributed by atoms with van der Waals surface area (Å²) in [4.78, 5) is 38.4. The molecule has 0 amide bonds. The number of benzene rings is 3. The molecule has 0 atom stereocenters. The maximum absolute atomic E-state index is 13.3. The van der Waals surface area contributed by atoms with Gasteiger partial charge in [0.1, 0.15) is 23.2 Å². The number of carbonyl (C=O) groups is 2. The molecule has 41 heavy (non-hydrogen) atoms. The molecule has 0 fully saturated rings. The van der Waals surface area contributed by atoms with Crippen LogP contribution in [0.5, 0.6) is 23.3 Å². The summed E-state index contributed by atoms with van der Waals surface area (Å²) in [7, 11) is 6.08. The molecule has 1 aromatic heterocycles. The molecule has 3 radical (unpaired) electrons. The number of ketones is 2. The van der Waals surface area contributed by atoms with Crippen molar-refractivity contribution in [2.24, 2.45) is 0 Å². The van der Waals surface area contributed by atoms with Crippen LogP contribution < -0.4 is 21.5 Å². The molecule has 1 aliphatic carbocycles. The summed E-state index contributed by atoms with van der Waals surface area (Å²) in [5.41, 5.74) is 11.9. The van der Waals surface area contributed by atoms with Gasteiger partial charge in [-0.15, -0.1) is 0 Å². The van der Waals surface area contributed by atoms with Gasteiger partial charge in [0.05, 0.1) is 36.7 Å². The average Bonchev–Trinajstić information content (AvgIpc) is 2.96. The molecule has 1 heterocycles. The van der Waals surface area contributed by atoms with E-state index in [1.807, 2.05) is 0 Å². The van der Waals surface area contributed by atoms with Crippen LogP contribution in [0.2, 0.25) is 6.82 Å². The minimum Gasteiger partial charge on any atom is -0.507 e. The molecular formula is C27H24BN6O6Y-. The SMILES string of the molecule is COCCNc1n[c-]nc(Oc2ccc(-c3cc(N)c4c(c3O)C(=O)c3c(N)ccc(O)c3C4=O)cc2)n1.[B]C.[Y]. The van der Waals surface area contributed by atoms with Crippen molar-refractivity contribution in [3.05, 3.63) is 71.0 Å². The number of nitrogens with one attached hydrogen (secondary N) is 1. The van der Waals surface area contributed by atoms with Crippen molar-refractivity contribution in [1.82, 2.24) is 15.0 Å². The predicted molar refractivity (Wildman–Crippen MR) is 148 cm³/mol. The van der Waals surface area contributed by atoms with Gasteiger partial charge in [0.25, 0.3) is 0 Å². The number of hydrogen-bond acceptors (Lipinski definition) is 12. The summed E-state index contributed by atoms with van der Waals surface area (Å²) >= 11 is 0. The summed E-state index contributed by atoms with van der Waals surface area (Å²) in [6.07, 6.45) is 2.46. The second kappa shape index (κ2) is 13.5. The number of nitrogens with two attached hydrogens (primary N) is 2. The molecule has 1 aliphatic rings. The summed E-state index contributed by atoms with van der Waals surface area (Å²) in [5, 5.41) is 24.3. The van der Waals surface area contributed by atoms with E-state index in [4.69, 9.17) is 20.9 Å². The number of carbonyl (C=O) groups excluding carboxylic acids is 2. The van der Waals surface area contributed by atoms with Crippen molar-refractivity contribution in [1.29, 1.82) is 0 Å². The fourth-order valence-corrected chi connectivity index (χ4v) is 4.16. The summed E-state index contributed by atoms with van der Waals surface area (Å²) in [6.45, 7) is 2.45. The zero-order chi connectivity index (χ0) is 29.0. The maximum atomic E-state index is 13.3. The van der Waals surface area contributed by atoms with Gasteiger partial charge >= 0.3 is 0 Å². The molecule has 205 valence electrons. The number of aromatic nitrogens is 3. The van der Waals surface area contributed by atoms with E-state index >= 15 is 0 Å². The molecule has 0 unspecified atom stereocenters. The molecule has 0 bridgehead atoms. The van der Waals surface area contributed by atoms with Crippen molar-refractivity contribution >= 4 is 36.7 Å². The molecule has 0 saturated carbocycles. The molecule has 12 nitrogen and oxygen atoms in total. The third-order valence-corrected chi connectivity index (χ3v) is 5.92. The van der Waals surface area contributed by atoms with Crippen LogP contribution in [-0.4, -0.2) is 64.8 Å². The number of rotatable bonds is 7. The Kier molecular flexibility index (Phi) is 10.4. The number of aromatic hydroxyl groups is 2. The van der Waals surface area contributed by atoms with Crippen LogP contribution in [0.3, 0.4) is 0 Å². The van der Waals surface area contributed by atoms with Crippen LogP contribution in [0, 0.1) is 6.33 Å². The number of nitrogens with zero attached hydrogens (tertiary/aromatic N) is 3. The first-order chi connectivity index (χ1) is 19.3. The second-order valence-corrected chi connectivity index (χ2v) is 8.28. The number of phenols is 2. The van der Waals surface area contributed by atoms with E-state index in [1.165, 1.54) is 25.0 Å². The molecule has 7 N–H and O–H groups in total. The first-order valence-electron chi connectivity index (χ1n) is 11.9. The van der Waals surface area contributed by atoms with Gasteiger partial charge in [-0.25, -0.2) is 0 Å². The molecule has 0 aliphatic heterocycles. The van der Waals surface area contributed by atoms with E-state index in [9.17, 15) is 19.8 Å². The predicted octanol–water partition coefficient (Wildman–Crippen LogP) is 2.74. The molecule has 3 aromatic carbocycles. The van der Waals surface area contributed by atoms with Gasteiger partial charge < -0.3 is 46.4 Å². The maximum Gasteiger partial charge on any atom is 0.206 e. The quantitative estimate of drug-likeness (QED) is 0.0582. The third kappa shape index (κ3) is 6.17. The van der Waals surface area contributed by atoms with Crippen molar-refractivity contribution < 1.29 is 62.0 Å². The summed E-state index contributed by atoms with van der Waals surface area (Å²) < 4.78 is 10.6. The Labute approximate surface area is 261 Å². The smallest absolute Gasteiger partial charge is 0.206 e. The molecule has 14 heteroatoms. The van der Waals surface area contributed by atoms with E-state index in [-0.39, 0.29) is 83.9 Å². The zero-order valence-corrected chi connectivity index (χ0v) is 25.0. The number of methoxy groups -OCH3 is 1. The first-order valence-corrected chi connectivity index (χ1v) is 11.9. The Morgan fingerprint density at radius 2 is 1.59 bits per heavy atom. The average molecular weight is 628 g/mol. The van der Waals surface area contributed by atoms with Gasteiger partial charge in [-0.05, 0) is 35.9 Å². The van der Waals surface area contributed by atoms with E-state index in [1.54, 1.807) is 31.4 Å². The number of fused-ring (bicyclic) bond motifs is 2. The number of anilines is 3. The Hall–Kier alpha value is -4.06. The normalized spacial score (nSPS) is 11.4. The largest absolute Gasteiger partial charge is 0.507 e. The summed E-state index contributed by atoms with van der Waals surface area (Å²) in [5.74, 6) is -1.60. The van der Waals surface area contributed by atoms with Crippen molar-refractivity contribution in [2.45, 2.75) is 6.82 Å². The van der Waals surface area contributed by atoms with E-state index in [2.05, 4.69) is 34.4 Å². The number of phenolic OH excluding ortho intramolecular Hbond substituents is 2. The zero-order valence-electron chi connectivity index (χ0n) is 22.1. The van der Waals surface area contributed by atoms with Crippen LogP contribution in [0.25, 0.3) is 11.1 Å². The Bertz CT molecular complexity index is 1600. The third-order valence-electron chi connectivity index (χ3n) is 5.92. The molecule has 4 aromatic rings. The van der Waals surface area contributed by atoms with Crippen LogP contribution in [0.15, 0.2) is 42.5 Å². The fraction of sp³-hybridized carbons (Fsp3) is 0.148. The van der Waals surface area contributed by atoms with Gasteiger partial charge in [0.15, 0.2) is 0 Å². The first kappa shape index (κ1) is 31.5. The number of nitrogen functional groups attached to an aromatic ring is 2. The summed E-state index contributed by atoms with van der Waals surface area (Å²) in [6, 6.07) is 10.4. The topological polar surface area (TPSA) is 196 Å².